The van der Waals surface area contributed by atoms with Crippen molar-refractivity contribution in [1.82, 2.24) is 0 Å². The van der Waals surface area contributed by atoms with E-state index >= 15 is 0 Å². The third-order valence-corrected chi connectivity index (χ3v) is 1.98. The van der Waals surface area contributed by atoms with Crippen LogP contribution in [0.5, 0.6) is 0 Å². The summed E-state index contributed by atoms with van der Waals surface area (Å²) >= 11 is 0. The van der Waals surface area contributed by atoms with Gasteiger partial charge in [-0.3, -0.25) is 9.59 Å². The van der Waals surface area contributed by atoms with E-state index in [0.717, 1.165) is 0 Å². The van der Waals surface area contributed by atoms with Crippen LogP contribution < -0.4 is 0 Å². The minimum Gasteiger partial charge on any atom is -0.481 e. The van der Waals surface area contributed by atoms with Crippen molar-refractivity contribution in [2.24, 2.45) is 0 Å². The lowest BCUT2D eigenvalue weighted by molar-refractivity contribution is -0.157. The lowest BCUT2D eigenvalue weighted by atomic mass is 10.2. The molecule has 0 rings (SSSR count). The van der Waals surface area contributed by atoms with Crippen LogP contribution in [0.25, 0.3) is 0 Å². The van der Waals surface area contributed by atoms with E-state index in [1.165, 1.54) is 0 Å². The molecule has 90 valence electrons. The summed E-state index contributed by atoms with van der Waals surface area (Å²) in [7, 11) is 0. The van der Waals surface area contributed by atoms with E-state index in [1.807, 2.05) is 0 Å². The predicted octanol–water partition coefficient (Wildman–Crippen LogP) is 1.67. The largest absolute Gasteiger partial charge is 0.481 e. The smallest absolute Gasteiger partial charge is 0.341 e. The van der Waals surface area contributed by atoms with Gasteiger partial charge in [0.1, 0.15) is 0 Å². The Kier molecular flexibility index (Phi) is 6.83. The SMILES string of the molecule is CC=C(C)C(=O)OC(=O)CCCCC(=O)O. The predicted molar refractivity (Wildman–Crippen MR) is 56.6 cm³/mol. The van der Waals surface area contributed by atoms with E-state index in [1.54, 1.807) is 19.9 Å². The second-order valence-electron chi connectivity index (χ2n) is 3.33. The first-order valence-electron chi connectivity index (χ1n) is 5.07. The summed E-state index contributed by atoms with van der Waals surface area (Å²) in [5.74, 6) is -2.16. The fraction of sp³-hybridized carbons (Fsp3) is 0.545. The summed E-state index contributed by atoms with van der Waals surface area (Å²) in [6.07, 6.45) is 2.46. The van der Waals surface area contributed by atoms with Gasteiger partial charge in [-0.05, 0) is 26.7 Å². The molecular formula is C11H16O5. The van der Waals surface area contributed by atoms with Crippen molar-refractivity contribution < 1.29 is 24.2 Å². The van der Waals surface area contributed by atoms with Gasteiger partial charge in [0.25, 0.3) is 0 Å². The molecule has 1 N–H and O–H groups in total. The molecule has 0 fully saturated rings. The average Bonchev–Trinajstić information content (AvgIpc) is 2.22. The van der Waals surface area contributed by atoms with Gasteiger partial charge >= 0.3 is 17.9 Å². The lowest BCUT2D eigenvalue weighted by Gasteiger charge is -2.02. The first-order valence-corrected chi connectivity index (χ1v) is 5.07. The third-order valence-electron chi connectivity index (χ3n) is 1.98. The molecule has 5 heteroatoms. The molecule has 0 heterocycles. The van der Waals surface area contributed by atoms with Crippen LogP contribution in [0.1, 0.15) is 39.5 Å². The van der Waals surface area contributed by atoms with Crippen LogP contribution in [0.3, 0.4) is 0 Å². The van der Waals surface area contributed by atoms with Crippen molar-refractivity contribution in [2.45, 2.75) is 39.5 Å². The van der Waals surface area contributed by atoms with E-state index < -0.39 is 17.9 Å². The number of ether oxygens (including phenoxy) is 1. The Morgan fingerprint density at radius 2 is 1.75 bits per heavy atom. The Morgan fingerprint density at radius 3 is 2.25 bits per heavy atom. The van der Waals surface area contributed by atoms with Gasteiger partial charge in [0.15, 0.2) is 0 Å². The highest BCUT2D eigenvalue weighted by atomic mass is 16.6. The first-order chi connectivity index (χ1) is 7.47. The number of aliphatic carboxylic acids is 1. The van der Waals surface area contributed by atoms with Crippen molar-refractivity contribution in [1.29, 1.82) is 0 Å². The molecule has 0 aliphatic rings. The fourth-order valence-corrected chi connectivity index (χ4v) is 0.898. The molecule has 0 aliphatic heterocycles. The zero-order chi connectivity index (χ0) is 12.6. The summed E-state index contributed by atoms with van der Waals surface area (Å²) in [4.78, 5) is 32.4. The van der Waals surface area contributed by atoms with Gasteiger partial charge in [0.05, 0.1) is 0 Å². The molecule has 0 aromatic rings. The lowest BCUT2D eigenvalue weighted by Crippen LogP contribution is -2.12. The Labute approximate surface area is 94.1 Å². The summed E-state index contributed by atoms with van der Waals surface area (Å²) in [6.45, 7) is 3.23. The highest BCUT2D eigenvalue weighted by Crippen LogP contribution is 2.03. The maximum Gasteiger partial charge on any atom is 0.341 e. The number of hydrogen-bond donors (Lipinski definition) is 1. The maximum atomic E-state index is 11.1. The highest BCUT2D eigenvalue weighted by molar-refractivity contribution is 5.95. The van der Waals surface area contributed by atoms with Crippen molar-refractivity contribution in [3.8, 4) is 0 Å². The summed E-state index contributed by atoms with van der Waals surface area (Å²) < 4.78 is 4.52. The van der Waals surface area contributed by atoms with Crippen LogP contribution >= 0.6 is 0 Å². The zero-order valence-corrected chi connectivity index (χ0v) is 9.49. The Morgan fingerprint density at radius 1 is 1.19 bits per heavy atom. The van der Waals surface area contributed by atoms with Gasteiger partial charge in [0, 0.05) is 18.4 Å². The topological polar surface area (TPSA) is 80.7 Å². The van der Waals surface area contributed by atoms with Gasteiger partial charge in [-0.25, -0.2) is 4.79 Å². The van der Waals surface area contributed by atoms with Crippen molar-refractivity contribution in [2.75, 3.05) is 0 Å². The third kappa shape index (κ3) is 6.75. The molecule has 0 spiro atoms. The van der Waals surface area contributed by atoms with E-state index in [9.17, 15) is 14.4 Å². The molecule has 0 saturated carbocycles. The number of carbonyl (C=O) groups is 3. The zero-order valence-electron chi connectivity index (χ0n) is 9.49. The molecule has 0 radical (unpaired) electrons. The fourth-order valence-electron chi connectivity index (χ4n) is 0.898. The molecular weight excluding hydrogens is 212 g/mol. The summed E-state index contributed by atoms with van der Waals surface area (Å²) in [5.41, 5.74) is 0.374. The molecule has 5 nitrogen and oxygen atoms in total. The number of carboxylic acids is 1. The molecule has 0 aliphatic carbocycles. The number of esters is 2. The Balaban J connectivity index is 3.75. The number of carbonyl (C=O) groups excluding carboxylic acids is 2. The molecule has 0 aromatic carbocycles. The monoisotopic (exact) mass is 228 g/mol. The highest BCUT2D eigenvalue weighted by Gasteiger charge is 2.11. The van der Waals surface area contributed by atoms with Gasteiger partial charge in [-0.1, -0.05) is 6.08 Å². The minimum atomic E-state index is -0.894. The second-order valence-corrected chi connectivity index (χ2v) is 3.33. The van der Waals surface area contributed by atoms with Gasteiger partial charge in [-0.15, -0.1) is 0 Å². The van der Waals surface area contributed by atoms with E-state index in [2.05, 4.69) is 4.74 Å². The molecule has 0 bridgehead atoms. The van der Waals surface area contributed by atoms with Crippen LogP contribution in [0, 0.1) is 0 Å². The van der Waals surface area contributed by atoms with Crippen LogP contribution in [0.4, 0.5) is 0 Å². The molecule has 16 heavy (non-hydrogen) atoms. The summed E-state index contributed by atoms with van der Waals surface area (Å²) in [6, 6.07) is 0. The molecule has 0 unspecified atom stereocenters. The number of carboxylic acid groups (broad SMARTS) is 1. The van der Waals surface area contributed by atoms with Crippen molar-refractivity contribution >= 4 is 17.9 Å². The number of unbranched alkanes of at least 4 members (excludes halogenated alkanes) is 1. The number of hydrogen-bond acceptors (Lipinski definition) is 4. The minimum absolute atomic E-state index is 0.0229. The molecule has 0 aromatic heterocycles. The van der Waals surface area contributed by atoms with Crippen LogP contribution in [-0.2, 0) is 19.1 Å². The number of allylic oxidation sites excluding steroid dienone is 1. The van der Waals surface area contributed by atoms with E-state index in [4.69, 9.17) is 5.11 Å². The maximum absolute atomic E-state index is 11.1. The van der Waals surface area contributed by atoms with Gasteiger partial charge in [-0.2, -0.15) is 0 Å². The van der Waals surface area contributed by atoms with Gasteiger partial charge < -0.3 is 9.84 Å². The second kappa shape index (κ2) is 7.62. The van der Waals surface area contributed by atoms with Crippen LogP contribution in [0.15, 0.2) is 11.6 Å². The Bertz CT molecular complexity index is 303. The van der Waals surface area contributed by atoms with Crippen molar-refractivity contribution in [3.63, 3.8) is 0 Å². The standard InChI is InChI=1S/C11H16O5/c1-3-8(2)11(15)16-10(14)7-5-4-6-9(12)13/h3H,4-7H2,1-2H3,(H,12,13). The van der Waals surface area contributed by atoms with Gasteiger partial charge in [0.2, 0.25) is 0 Å². The van der Waals surface area contributed by atoms with Crippen molar-refractivity contribution in [3.05, 3.63) is 11.6 Å². The normalized spacial score (nSPS) is 11.0. The number of rotatable bonds is 6. The molecule has 0 atom stereocenters. The molecule has 0 saturated heterocycles. The molecule has 0 amide bonds. The average molecular weight is 228 g/mol. The van der Waals surface area contributed by atoms with Crippen LogP contribution in [-0.4, -0.2) is 23.0 Å². The van der Waals surface area contributed by atoms with E-state index in [-0.39, 0.29) is 12.8 Å². The quantitative estimate of drug-likeness (QED) is 0.323. The van der Waals surface area contributed by atoms with Crippen LogP contribution in [0.2, 0.25) is 0 Å². The first kappa shape index (κ1) is 14.3. The van der Waals surface area contributed by atoms with E-state index in [0.29, 0.717) is 18.4 Å². The Hall–Kier alpha value is -1.65. The summed E-state index contributed by atoms with van der Waals surface area (Å²) in [5, 5.41) is 8.35.